The summed E-state index contributed by atoms with van der Waals surface area (Å²) in [4.78, 5) is 11.9. The minimum Gasteiger partial charge on any atom is -0.391 e. The lowest BCUT2D eigenvalue weighted by molar-refractivity contribution is 0.103. The van der Waals surface area contributed by atoms with E-state index in [9.17, 15) is 9.90 Å². The summed E-state index contributed by atoms with van der Waals surface area (Å²) in [6.45, 7) is 3.57. The number of aryl methyl sites for hydroxylation is 1. The monoisotopic (exact) mass is 291 g/mol. The summed E-state index contributed by atoms with van der Waals surface area (Å²) < 4.78 is 0. The van der Waals surface area contributed by atoms with Crippen molar-refractivity contribution in [3.05, 3.63) is 29.8 Å². The molecule has 1 fully saturated rings. The third kappa shape index (κ3) is 5.02. The minimum atomic E-state index is -0.478. The average molecular weight is 291 g/mol. The molecule has 1 aromatic carbocycles. The third-order valence-corrected chi connectivity index (χ3v) is 3.79. The fourth-order valence-electron chi connectivity index (χ4n) is 2.46. The van der Waals surface area contributed by atoms with Crippen molar-refractivity contribution in [2.24, 2.45) is 0 Å². The Bertz CT molecular complexity index is 447. The Morgan fingerprint density at radius 3 is 2.81 bits per heavy atom. The first-order valence-corrected chi connectivity index (χ1v) is 7.74. The Hall–Kier alpha value is -1.59. The second-order valence-electron chi connectivity index (χ2n) is 5.57. The van der Waals surface area contributed by atoms with Crippen molar-refractivity contribution in [3.63, 3.8) is 0 Å². The number of hydrogen-bond acceptors (Lipinski definition) is 3. The Balaban J connectivity index is 1.81. The van der Waals surface area contributed by atoms with Crippen molar-refractivity contribution in [1.29, 1.82) is 0 Å². The van der Waals surface area contributed by atoms with E-state index < -0.39 is 6.10 Å². The summed E-state index contributed by atoms with van der Waals surface area (Å²) in [5, 5.41) is 18.6. The Labute approximate surface area is 126 Å². The fourth-order valence-corrected chi connectivity index (χ4v) is 2.46. The van der Waals surface area contributed by atoms with Crippen LogP contribution in [-0.4, -0.2) is 36.4 Å². The van der Waals surface area contributed by atoms with Crippen LogP contribution in [0.4, 0.5) is 10.5 Å². The van der Waals surface area contributed by atoms with Gasteiger partial charge in [-0.05, 0) is 43.5 Å². The first-order valence-electron chi connectivity index (χ1n) is 7.74. The van der Waals surface area contributed by atoms with Gasteiger partial charge >= 0.3 is 6.03 Å². The SMILES string of the molecule is CCCCc1ccc(NC(=O)N[C@H]2CNCC[C@H]2O)cc1. The topological polar surface area (TPSA) is 73.4 Å². The van der Waals surface area contributed by atoms with E-state index in [0.717, 1.165) is 18.7 Å². The molecule has 1 aliphatic rings. The fraction of sp³-hybridized carbons (Fsp3) is 0.562. The van der Waals surface area contributed by atoms with Crippen LogP contribution in [0.2, 0.25) is 0 Å². The maximum atomic E-state index is 11.9. The first-order chi connectivity index (χ1) is 10.2. The molecule has 0 saturated carbocycles. The highest BCUT2D eigenvalue weighted by Gasteiger charge is 2.24. The van der Waals surface area contributed by atoms with E-state index in [1.165, 1.54) is 18.4 Å². The molecular weight excluding hydrogens is 266 g/mol. The molecule has 1 saturated heterocycles. The molecular formula is C16H25N3O2. The van der Waals surface area contributed by atoms with Crippen LogP contribution in [-0.2, 0) is 6.42 Å². The van der Waals surface area contributed by atoms with Crippen molar-refractivity contribution in [1.82, 2.24) is 10.6 Å². The highest BCUT2D eigenvalue weighted by Crippen LogP contribution is 2.12. The zero-order valence-electron chi connectivity index (χ0n) is 12.6. The highest BCUT2D eigenvalue weighted by atomic mass is 16.3. The molecule has 0 unspecified atom stereocenters. The molecule has 2 atom stereocenters. The van der Waals surface area contributed by atoms with Gasteiger partial charge in [0.1, 0.15) is 0 Å². The predicted molar refractivity (Wildman–Crippen MR) is 84.5 cm³/mol. The predicted octanol–water partition coefficient (Wildman–Crippen LogP) is 1.87. The van der Waals surface area contributed by atoms with Gasteiger partial charge in [-0.1, -0.05) is 25.5 Å². The molecule has 4 N–H and O–H groups in total. The lowest BCUT2D eigenvalue weighted by Gasteiger charge is -2.29. The lowest BCUT2D eigenvalue weighted by atomic mass is 10.0. The molecule has 2 amide bonds. The molecule has 0 aromatic heterocycles. The van der Waals surface area contributed by atoms with Crippen molar-refractivity contribution >= 4 is 11.7 Å². The maximum absolute atomic E-state index is 11.9. The van der Waals surface area contributed by atoms with E-state index in [1.807, 2.05) is 24.3 Å². The van der Waals surface area contributed by atoms with Crippen LogP contribution < -0.4 is 16.0 Å². The molecule has 116 valence electrons. The molecule has 0 bridgehead atoms. The summed E-state index contributed by atoms with van der Waals surface area (Å²) in [6.07, 6.45) is 3.62. The number of amides is 2. The van der Waals surface area contributed by atoms with Crippen molar-refractivity contribution in [2.45, 2.75) is 44.8 Å². The quantitative estimate of drug-likeness (QED) is 0.669. The Morgan fingerprint density at radius 1 is 1.38 bits per heavy atom. The zero-order chi connectivity index (χ0) is 15.1. The van der Waals surface area contributed by atoms with Gasteiger partial charge in [-0.3, -0.25) is 0 Å². The summed E-state index contributed by atoms with van der Waals surface area (Å²) in [5.41, 5.74) is 2.06. The van der Waals surface area contributed by atoms with Crippen LogP contribution in [0.25, 0.3) is 0 Å². The zero-order valence-corrected chi connectivity index (χ0v) is 12.6. The Kier molecular flexibility index (Phi) is 6.02. The van der Waals surface area contributed by atoms with Gasteiger partial charge in [-0.15, -0.1) is 0 Å². The molecule has 5 heteroatoms. The van der Waals surface area contributed by atoms with E-state index in [1.54, 1.807) is 0 Å². The molecule has 5 nitrogen and oxygen atoms in total. The summed E-state index contributed by atoms with van der Waals surface area (Å²) in [5.74, 6) is 0. The number of carbonyl (C=O) groups excluding carboxylic acids is 1. The second kappa shape index (κ2) is 8.00. The van der Waals surface area contributed by atoms with Crippen LogP contribution in [0.15, 0.2) is 24.3 Å². The van der Waals surface area contributed by atoms with Crippen LogP contribution in [0, 0.1) is 0 Å². The van der Waals surface area contributed by atoms with Crippen LogP contribution in [0.1, 0.15) is 31.7 Å². The molecule has 21 heavy (non-hydrogen) atoms. The number of benzene rings is 1. The normalized spacial score (nSPS) is 21.8. The van der Waals surface area contributed by atoms with Gasteiger partial charge in [0.25, 0.3) is 0 Å². The summed E-state index contributed by atoms with van der Waals surface area (Å²) in [7, 11) is 0. The van der Waals surface area contributed by atoms with Crippen molar-refractivity contribution in [3.8, 4) is 0 Å². The van der Waals surface area contributed by atoms with Gasteiger partial charge in [-0.25, -0.2) is 4.79 Å². The van der Waals surface area contributed by atoms with Crippen molar-refractivity contribution < 1.29 is 9.90 Å². The first kappa shape index (κ1) is 15.8. The number of hydrogen-bond donors (Lipinski definition) is 4. The number of aliphatic hydroxyl groups is 1. The molecule has 0 aliphatic carbocycles. The van der Waals surface area contributed by atoms with E-state index in [2.05, 4.69) is 22.9 Å². The number of unbranched alkanes of at least 4 members (excludes halogenated alkanes) is 1. The van der Waals surface area contributed by atoms with Gasteiger partial charge in [-0.2, -0.15) is 0 Å². The average Bonchev–Trinajstić information content (AvgIpc) is 2.49. The number of carbonyl (C=O) groups is 1. The van der Waals surface area contributed by atoms with Gasteiger partial charge < -0.3 is 21.1 Å². The van der Waals surface area contributed by atoms with Crippen LogP contribution in [0.5, 0.6) is 0 Å². The third-order valence-electron chi connectivity index (χ3n) is 3.79. The number of nitrogens with one attached hydrogen (secondary N) is 3. The molecule has 1 aromatic rings. The number of rotatable bonds is 5. The Morgan fingerprint density at radius 2 is 2.14 bits per heavy atom. The highest BCUT2D eigenvalue weighted by molar-refractivity contribution is 5.89. The molecule has 1 heterocycles. The largest absolute Gasteiger partial charge is 0.391 e. The standard InChI is InChI=1S/C16H25N3O2/c1-2-3-4-12-5-7-13(8-6-12)18-16(21)19-14-11-17-10-9-15(14)20/h5-8,14-15,17,20H,2-4,9-11H2,1H3,(H2,18,19,21)/t14-,15+/m0/s1. The second-order valence-corrected chi connectivity index (χ2v) is 5.57. The van der Waals surface area contributed by atoms with Gasteiger partial charge in [0.15, 0.2) is 0 Å². The number of piperidine rings is 1. The van der Waals surface area contributed by atoms with E-state index in [0.29, 0.717) is 13.0 Å². The molecule has 0 radical (unpaired) electrons. The van der Waals surface area contributed by atoms with Gasteiger partial charge in [0.05, 0.1) is 12.1 Å². The van der Waals surface area contributed by atoms with E-state index >= 15 is 0 Å². The van der Waals surface area contributed by atoms with E-state index in [4.69, 9.17) is 0 Å². The molecule has 2 rings (SSSR count). The molecule has 1 aliphatic heterocycles. The van der Waals surface area contributed by atoms with E-state index in [-0.39, 0.29) is 12.1 Å². The number of aliphatic hydroxyl groups excluding tert-OH is 1. The van der Waals surface area contributed by atoms with Crippen LogP contribution in [0.3, 0.4) is 0 Å². The van der Waals surface area contributed by atoms with Gasteiger partial charge in [0, 0.05) is 12.2 Å². The van der Waals surface area contributed by atoms with Gasteiger partial charge in [0.2, 0.25) is 0 Å². The smallest absolute Gasteiger partial charge is 0.319 e. The van der Waals surface area contributed by atoms with Crippen molar-refractivity contribution in [2.75, 3.05) is 18.4 Å². The minimum absolute atomic E-state index is 0.234. The molecule has 0 spiro atoms. The number of urea groups is 1. The lowest BCUT2D eigenvalue weighted by Crippen LogP contribution is -2.54. The maximum Gasteiger partial charge on any atom is 0.319 e. The summed E-state index contributed by atoms with van der Waals surface area (Å²) in [6, 6.07) is 7.41. The van der Waals surface area contributed by atoms with Crippen LogP contribution >= 0.6 is 0 Å². The summed E-state index contributed by atoms with van der Waals surface area (Å²) >= 11 is 0. The number of anilines is 1.